The third-order valence-corrected chi connectivity index (χ3v) is 13.0. The van der Waals surface area contributed by atoms with Crippen molar-refractivity contribution in [3.8, 4) is 0 Å². The molecule has 0 aromatic heterocycles. The van der Waals surface area contributed by atoms with Gasteiger partial charge in [0, 0.05) is 11.3 Å². The summed E-state index contributed by atoms with van der Waals surface area (Å²) < 4.78 is 0. The summed E-state index contributed by atoms with van der Waals surface area (Å²) in [6, 6.07) is 15.1. The number of amides is 1. The minimum absolute atomic E-state index is 0.147. The van der Waals surface area contributed by atoms with Crippen molar-refractivity contribution in [2.24, 2.45) is 0 Å². The van der Waals surface area contributed by atoms with E-state index < -0.39 is 22.1 Å². The monoisotopic (exact) mass is 383 g/mol. The summed E-state index contributed by atoms with van der Waals surface area (Å²) in [7, 11) is -2.90. The number of carboxylic acids is 1. The van der Waals surface area contributed by atoms with Gasteiger partial charge in [-0.15, -0.1) is 0 Å². The normalized spacial score (nSPS) is 17.2. The number of hydrogen-bond donors (Lipinski definition) is 2. The van der Waals surface area contributed by atoms with Gasteiger partial charge in [0.2, 0.25) is 0 Å². The second-order valence-corrected chi connectivity index (χ2v) is 18.0. The summed E-state index contributed by atoms with van der Waals surface area (Å²) in [5, 5.41) is 14.8. The van der Waals surface area contributed by atoms with Crippen LogP contribution in [0.3, 0.4) is 0 Å². The predicted octanol–water partition coefficient (Wildman–Crippen LogP) is 3.48. The highest BCUT2D eigenvalue weighted by Crippen LogP contribution is 2.26. The van der Waals surface area contributed by atoms with E-state index in [1.54, 1.807) is 12.1 Å². The molecule has 1 aliphatic heterocycles. The van der Waals surface area contributed by atoms with Crippen LogP contribution in [0.15, 0.2) is 42.5 Å². The Balaban J connectivity index is 1.88. The predicted molar refractivity (Wildman–Crippen MR) is 112 cm³/mol. The molecule has 0 atom stereocenters. The minimum atomic E-state index is -1.50. The number of fused-ring (bicyclic) bond motifs is 1. The van der Waals surface area contributed by atoms with Crippen LogP contribution in [0.2, 0.25) is 38.3 Å². The second-order valence-electron chi connectivity index (χ2n) is 8.36. The summed E-state index contributed by atoms with van der Waals surface area (Å²) in [6.07, 6.45) is 0. The van der Waals surface area contributed by atoms with Gasteiger partial charge in [0.1, 0.15) is 0 Å². The van der Waals surface area contributed by atoms with Gasteiger partial charge in [-0.25, -0.2) is 4.79 Å². The number of anilines is 1. The molecule has 0 aliphatic carbocycles. The zero-order valence-corrected chi connectivity index (χ0v) is 17.7. The van der Waals surface area contributed by atoms with Crippen LogP contribution in [0.1, 0.15) is 20.7 Å². The summed E-state index contributed by atoms with van der Waals surface area (Å²) in [6.45, 7) is 9.61. The van der Waals surface area contributed by atoms with Gasteiger partial charge in [-0.1, -0.05) is 60.8 Å². The van der Waals surface area contributed by atoms with Crippen molar-refractivity contribution < 1.29 is 14.7 Å². The number of benzene rings is 2. The Labute approximate surface area is 156 Å². The van der Waals surface area contributed by atoms with E-state index in [1.807, 2.05) is 6.07 Å². The molecule has 0 spiro atoms. The van der Waals surface area contributed by atoms with Crippen molar-refractivity contribution in [1.29, 1.82) is 0 Å². The molecule has 0 bridgehead atoms. The topological polar surface area (TPSA) is 66.4 Å². The molecule has 2 N–H and O–H groups in total. The zero-order valence-electron chi connectivity index (χ0n) is 15.7. The van der Waals surface area contributed by atoms with E-state index in [4.69, 9.17) is 5.11 Å². The molecule has 0 radical (unpaired) electrons. The number of carbonyl (C=O) groups is 2. The van der Waals surface area contributed by atoms with E-state index in [0.717, 1.165) is 0 Å². The van der Waals surface area contributed by atoms with Crippen LogP contribution in [-0.4, -0.2) is 33.1 Å². The highest BCUT2D eigenvalue weighted by molar-refractivity contribution is 7.03. The molecule has 0 fully saturated rings. The van der Waals surface area contributed by atoms with Crippen molar-refractivity contribution in [3.05, 3.63) is 53.6 Å². The maximum Gasteiger partial charge on any atom is 0.335 e. The Bertz CT molecular complexity index is 873. The number of carboxylic acid groups (broad SMARTS) is 1. The van der Waals surface area contributed by atoms with E-state index >= 15 is 0 Å². The van der Waals surface area contributed by atoms with Gasteiger partial charge in [0.05, 0.1) is 21.7 Å². The molecule has 0 unspecified atom stereocenters. The van der Waals surface area contributed by atoms with Gasteiger partial charge < -0.3 is 10.4 Å². The molecule has 136 valence electrons. The smallest absolute Gasteiger partial charge is 0.335 e. The van der Waals surface area contributed by atoms with Crippen LogP contribution in [0, 0.1) is 0 Å². The summed E-state index contributed by atoms with van der Waals surface area (Å²) in [5.41, 5.74) is 1.49. The Morgan fingerprint density at radius 3 is 1.96 bits per heavy atom. The molecular formula is C20H25NO3Si2. The maximum absolute atomic E-state index is 12.7. The average Bonchev–Trinajstić information content (AvgIpc) is 2.59. The quantitative estimate of drug-likeness (QED) is 0.798. The van der Waals surface area contributed by atoms with Gasteiger partial charge in [0.25, 0.3) is 5.91 Å². The fourth-order valence-corrected chi connectivity index (χ4v) is 13.9. The molecule has 0 saturated carbocycles. The van der Waals surface area contributed by atoms with Gasteiger partial charge in [0.15, 0.2) is 0 Å². The van der Waals surface area contributed by atoms with Crippen molar-refractivity contribution in [1.82, 2.24) is 0 Å². The van der Waals surface area contributed by atoms with Gasteiger partial charge in [-0.2, -0.15) is 0 Å². The number of hydrogen-bond acceptors (Lipinski definition) is 2. The van der Waals surface area contributed by atoms with Crippen molar-refractivity contribution in [3.63, 3.8) is 0 Å². The SMILES string of the molecule is C[Si]1(C)CC[Si](C)(C)c2cc(C(=O)Nc3ccc(C(=O)O)cc3)ccc21. The van der Waals surface area contributed by atoms with Crippen LogP contribution in [-0.2, 0) is 0 Å². The largest absolute Gasteiger partial charge is 0.478 e. The van der Waals surface area contributed by atoms with Crippen LogP contribution in [0.5, 0.6) is 0 Å². The lowest BCUT2D eigenvalue weighted by molar-refractivity contribution is 0.0696. The fourth-order valence-electron chi connectivity index (χ4n) is 3.63. The number of rotatable bonds is 3. The molecule has 2 aromatic rings. The number of aromatic carboxylic acids is 1. The zero-order chi connectivity index (χ0) is 19.1. The van der Waals surface area contributed by atoms with E-state index in [1.165, 1.54) is 34.6 Å². The Kier molecular flexibility index (Phi) is 4.66. The highest BCUT2D eigenvalue weighted by Gasteiger charge is 2.39. The molecule has 1 amide bonds. The van der Waals surface area contributed by atoms with Crippen molar-refractivity contribution >= 4 is 44.1 Å². The standard InChI is InChI=1S/C20H25NO3Si2/c1-25(2)11-12-26(3,4)18-13-15(7-10-17(18)25)19(22)21-16-8-5-14(6-9-16)20(23)24/h5-10,13H,11-12H2,1-4H3,(H,21,22)(H,23,24). The minimum Gasteiger partial charge on any atom is -0.478 e. The molecule has 3 rings (SSSR count). The second kappa shape index (κ2) is 6.52. The first-order chi connectivity index (χ1) is 12.1. The average molecular weight is 384 g/mol. The van der Waals surface area contributed by atoms with E-state index in [9.17, 15) is 9.59 Å². The first-order valence-electron chi connectivity index (χ1n) is 8.90. The van der Waals surface area contributed by atoms with Crippen molar-refractivity contribution in [2.75, 3.05) is 5.32 Å². The lowest BCUT2D eigenvalue weighted by Gasteiger charge is -2.39. The lowest BCUT2D eigenvalue weighted by Crippen LogP contribution is -2.63. The molecule has 4 nitrogen and oxygen atoms in total. The molecule has 0 saturated heterocycles. The third kappa shape index (κ3) is 3.52. The first-order valence-corrected chi connectivity index (χ1v) is 15.3. The maximum atomic E-state index is 12.7. The van der Waals surface area contributed by atoms with E-state index in [2.05, 4.69) is 43.6 Å². The first kappa shape index (κ1) is 18.6. The van der Waals surface area contributed by atoms with Gasteiger partial charge >= 0.3 is 5.97 Å². The number of nitrogens with one attached hydrogen (secondary N) is 1. The molecule has 26 heavy (non-hydrogen) atoms. The van der Waals surface area contributed by atoms with Crippen molar-refractivity contribution in [2.45, 2.75) is 38.3 Å². The van der Waals surface area contributed by atoms with E-state index in [0.29, 0.717) is 11.3 Å². The summed E-state index contributed by atoms with van der Waals surface area (Å²) in [5.74, 6) is -1.12. The van der Waals surface area contributed by atoms with Crippen LogP contribution in [0.4, 0.5) is 5.69 Å². The highest BCUT2D eigenvalue weighted by atomic mass is 28.3. The number of carbonyl (C=O) groups excluding carboxylic acids is 1. The molecular weight excluding hydrogens is 358 g/mol. The van der Waals surface area contributed by atoms with E-state index in [-0.39, 0.29) is 11.5 Å². The molecule has 1 heterocycles. The van der Waals surface area contributed by atoms with Crippen LogP contribution >= 0.6 is 0 Å². The van der Waals surface area contributed by atoms with Crippen LogP contribution < -0.4 is 15.7 Å². The van der Waals surface area contributed by atoms with Gasteiger partial charge in [-0.05, 0) is 30.3 Å². The lowest BCUT2D eigenvalue weighted by atomic mass is 10.2. The molecule has 2 aromatic carbocycles. The third-order valence-electron chi connectivity index (χ3n) is 5.50. The molecule has 6 heteroatoms. The Morgan fingerprint density at radius 1 is 0.846 bits per heavy atom. The fraction of sp³-hybridized carbons (Fsp3) is 0.300. The Morgan fingerprint density at radius 2 is 1.38 bits per heavy atom. The molecule has 1 aliphatic rings. The summed E-state index contributed by atoms with van der Waals surface area (Å²) >= 11 is 0. The summed E-state index contributed by atoms with van der Waals surface area (Å²) in [4.78, 5) is 23.6. The Hall–Kier alpha value is -2.19. The van der Waals surface area contributed by atoms with Crippen LogP contribution in [0.25, 0.3) is 0 Å². The van der Waals surface area contributed by atoms with Gasteiger partial charge in [-0.3, -0.25) is 4.79 Å².